The highest BCUT2D eigenvalue weighted by molar-refractivity contribution is 5.14. The molecule has 0 aliphatic heterocycles. The molecule has 0 aromatic carbocycles. The predicted molar refractivity (Wildman–Crippen MR) is 55.2 cm³/mol. The fraction of sp³-hybridized carbons (Fsp3) is 0.833. The minimum Gasteiger partial charge on any atom is -0.0796 e. The molecule has 1 aliphatic rings. The molecule has 0 fully saturated rings. The van der Waals surface area contributed by atoms with E-state index in [0.717, 1.165) is 0 Å². The maximum Gasteiger partial charge on any atom is -0.0167 e. The maximum absolute atomic E-state index is 2.48. The molecular weight excluding hydrogens is 144 g/mol. The first-order chi connectivity index (χ1) is 5.35. The topological polar surface area (TPSA) is 0 Å². The van der Waals surface area contributed by atoms with E-state index in [4.69, 9.17) is 0 Å². The van der Waals surface area contributed by atoms with Gasteiger partial charge in [0.05, 0.1) is 0 Å². The summed E-state index contributed by atoms with van der Waals surface area (Å²) in [6.07, 6.45) is 6.33. The van der Waals surface area contributed by atoms with Crippen molar-refractivity contribution in [2.24, 2.45) is 10.8 Å². The molecule has 70 valence electrons. The third-order valence-electron chi connectivity index (χ3n) is 2.69. The van der Waals surface area contributed by atoms with Gasteiger partial charge in [0.15, 0.2) is 0 Å². The van der Waals surface area contributed by atoms with Crippen LogP contribution in [0.4, 0.5) is 0 Å². The van der Waals surface area contributed by atoms with Gasteiger partial charge in [-0.05, 0) is 30.1 Å². The highest BCUT2D eigenvalue weighted by Gasteiger charge is 2.32. The van der Waals surface area contributed by atoms with Gasteiger partial charge in [-0.1, -0.05) is 46.3 Å². The van der Waals surface area contributed by atoms with E-state index >= 15 is 0 Å². The largest absolute Gasteiger partial charge is 0.0796 e. The Morgan fingerprint density at radius 3 is 2.25 bits per heavy atom. The molecule has 0 atom stereocenters. The number of allylic oxidation sites excluding steroid dienone is 2. The Bertz CT molecular complexity index is 194. The highest BCUT2D eigenvalue weighted by atomic mass is 14.4. The molecule has 0 heteroatoms. The molecule has 1 rings (SSSR count). The minimum absolute atomic E-state index is 0.424. The zero-order valence-electron chi connectivity index (χ0n) is 9.20. The van der Waals surface area contributed by atoms with Gasteiger partial charge in [0.2, 0.25) is 0 Å². The first-order valence-electron chi connectivity index (χ1n) is 5.05. The lowest BCUT2D eigenvalue weighted by molar-refractivity contribution is 0.213. The Balaban J connectivity index is 2.86. The van der Waals surface area contributed by atoms with Crippen LogP contribution in [-0.2, 0) is 0 Å². The predicted octanol–water partition coefficient (Wildman–Crippen LogP) is 4.17. The summed E-state index contributed by atoms with van der Waals surface area (Å²) in [4.78, 5) is 0. The van der Waals surface area contributed by atoms with Crippen molar-refractivity contribution < 1.29 is 0 Å². The number of hydrogen-bond acceptors (Lipinski definition) is 0. The second-order valence-corrected chi connectivity index (χ2v) is 5.66. The third kappa shape index (κ3) is 2.36. The molecule has 0 heterocycles. The fourth-order valence-electron chi connectivity index (χ4n) is 2.79. The summed E-state index contributed by atoms with van der Waals surface area (Å²) >= 11 is 0. The van der Waals surface area contributed by atoms with Crippen LogP contribution in [0.3, 0.4) is 0 Å². The summed E-state index contributed by atoms with van der Waals surface area (Å²) in [5.41, 5.74) is 2.59. The van der Waals surface area contributed by atoms with E-state index < -0.39 is 0 Å². The third-order valence-corrected chi connectivity index (χ3v) is 2.69. The van der Waals surface area contributed by atoms with Crippen LogP contribution in [0.5, 0.6) is 0 Å². The van der Waals surface area contributed by atoms with Gasteiger partial charge in [-0.15, -0.1) is 0 Å². The molecule has 0 bridgehead atoms. The van der Waals surface area contributed by atoms with Gasteiger partial charge in [0.1, 0.15) is 0 Å². The maximum atomic E-state index is 2.48. The average molecular weight is 166 g/mol. The van der Waals surface area contributed by atoms with Crippen molar-refractivity contribution in [3.05, 3.63) is 11.6 Å². The van der Waals surface area contributed by atoms with E-state index in [-0.39, 0.29) is 0 Å². The van der Waals surface area contributed by atoms with E-state index in [2.05, 4.69) is 40.7 Å². The van der Waals surface area contributed by atoms with Crippen molar-refractivity contribution in [1.29, 1.82) is 0 Å². The van der Waals surface area contributed by atoms with Gasteiger partial charge in [0.25, 0.3) is 0 Å². The van der Waals surface area contributed by atoms with Crippen LogP contribution in [-0.4, -0.2) is 0 Å². The molecular formula is C12H22. The standard InChI is InChI=1S/C12H22/c1-6-10-7-11(2,3)9-12(4,5)8-10/h7H,6,8-9H2,1-5H3. The quantitative estimate of drug-likeness (QED) is 0.513. The normalized spacial score (nSPS) is 26.6. The Hall–Kier alpha value is -0.260. The molecule has 1 aliphatic carbocycles. The second-order valence-electron chi connectivity index (χ2n) is 5.66. The van der Waals surface area contributed by atoms with E-state index in [1.54, 1.807) is 5.57 Å². The fourth-order valence-corrected chi connectivity index (χ4v) is 2.79. The van der Waals surface area contributed by atoms with Crippen LogP contribution in [0.15, 0.2) is 11.6 Å². The SMILES string of the molecule is CCC1=CC(C)(C)CC(C)(C)C1. The van der Waals surface area contributed by atoms with Crippen molar-refractivity contribution in [3.63, 3.8) is 0 Å². The van der Waals surface area contributed by atoms with Crippen LogP contribution in [0.25, 0.3) is 0 Å². The molecule has 12 heavy (non-hydrogen) atoms. The van der Waals surface area contributed by atoms with Gasteiger partial charge in [0, 0.05) is 0 Å². The van der Waals surface area contributed by atoms with Gasteiger partial charge >= 0.3 is 0 Å². The van der Waals surface area contributed by atoms with E-state index in [1.807, 2.05) is 0 Å². The summed E-state index contributed by atoms with van der Waals surface area (Å²) in [6.45, 7) is 11.7. The summed E-state index contributed by atoms with van der Waals surface area (Å²) in [7, 11) is 0. The summed E-state index contributed by atoms with van der Waals surface area (Å²) in [5.74, 6) is 0. The van der Waals surface area contributed by atoms with Crippen molar-refractivity contribution >= 4 is 0 Å². The van der Waals surface area contributed by atoms with Crippen LogP contribution in [0.1, 0.15) is 53.9 Å². The lowest BCUT2D eigenvalue weighted by Crippen LogP contribution is -2.26. The van der Waals surface area contributed by atoms with Gasteiger partial charge in [-0.3, -0.25) is 0 Å². The summed E-state index contributed by atoms with van der Waals surface area (Å²) in [6, 6.07) is 0. The van der Waals surface area contributed by atoms with Crippen molar-refractivity contribution in [1.82, 2.24) is 0 Å². The molecule has 0 radical (unpaired) electrons. The van der Waals surface area contributed by atoms with Gasteiger partial charge < -0.3 is 0 Å². The van der Waals surface area contributed by atoms with E-state index in [0.29, 0.717) is 10.8 Å². The molecule has 0 aromatic rings. The molecule has 0 aromatic heterocycles. The molecule has 0 spiro atoms. The number of hydrogen-bond donors (Lipinski definition) is 0. The lowest BCUT2D eigenvalue weighted by Gasteiger charge is -2.39. The van der Waals surface area contributed by atoms with E-state index in [9.17, 15) is 0 Å². The van der Waals surface area contributed by atoms with Crippen molar-refractivity contribution in [2.75, 3.05) is 0 Å². The Kier molecular flexibility index (Phi) is 2.38. The molecule has 0 unspecified atom stereocenters. The summed E-state index contributed by atoms with van der Waals surface area (Å²) in [5, 5.41) is 0. The van der Waals surface area contributed by atoms with Gasteiger partial charge in [-0.2, -0.15) is 0 Å². The van der Waals surface area contributed by atoms with Crippen LogP contribution in [0, 0.1) is 10.8 Å². The molecule has 0 saturated heterocycles. The Morgan fingerprint density at radius 1 is 1.25 bits per heavy atom. The first kappa shape index (κ1) is 9.83. The van der Waals surface area contributed by atoms with Crippen molar-refractivity contribution in [2.45, 2.75) is 53.9 Å². The molecule has 0 saturated carbocycles. The van der Waals surface area contributed by atoms with E-state index in [1.165, 1.54) is 19.3 Å². The van der Waals surface area contributed by atoms with Crippen LogP contribution in [0.2, 0.25) is 0 Å². The molecule has 0 N–H and O–H groups in total. The molecule has 0 amide bonds. The van der Waals surface area contributed by atoms with Crippen LogP contribution < -0.4 is 0 Å². The summed E-state index contributed by atoms with van der Waals surface area (Å²) < 4.78 is 0. The second kappa shape index (κ2) is 2.90. The highest BCUT2D eigenvalue weighted by Crippen LogP contribution is 2.44. The Morgan fingerprint density at radius 2 is 1.83 bits per heavy atom. The Labute approximate surface area is 77.1 Å². The smallest absolute Gasteiger partial charge is 0.0167 e. The van der Waals surface area contributed by atoms with Crippen LogP contribution >= 0.6 is 0 Å². The zero-order valence-corrected chi connectivity index (χ0v) is 9.20. The molecule has 0 nitrogen and oxygen atoms in total. The monoisotopic (exact) mass is 166 g/mol. The average Bonchev–Trinajstić information content (AvgIpc) is 1.80. The number of rotatable bonds is 1. The van der Waals surface area contributed by atoms with Gasteiger partial charge in [-0.25, -0.2) is 0 Å². The first-order valence-corrected chi connectivity index (χ1v) is 5.05. The lowest BCUT2D eigenvalue weighted by atomic mass is 9.66. The minimum atomic E-state index is 0.424. The zero-order chi connectivity index (χ0) is 9.41. The van der Waals surface area contributed by atoms with Crippen molar-refractivity contribution in [3.8, 4) is 0 Å².